The molecule has 3 atom stereocenters. The van der Waals surface area contributed by atoms with Crippen LogP contribution >= 0.6 is 0 Å². The van der Waals surface area contributed by atoms with Gasteiger partial charge in [0.05, 0.1) is 36.8 Å². The average Bonchev–Trinajstić information content (AvgIpc) is 2.86. The van der Waals surface area contributed by atoms with Gasteiger partial charge in [0.2, 0.25) is 5.91 Å². The molecule has 4 rings (SSSR count). The summed E-state index contributed by atoms with van der Waals surface area (Å²) in [7, 11) is 4.85. The van der Waals surface area contributed by atoms with Crippen molar-refractivity contribution in [3.8, 4) is 11.5 Å². The van der Waals surface area contributed by atoms with E-state index in [1.165, 1.54) is 7.11 Å². The lowest BCUT2D eigenvalue weighted by Gasteiger charge is -2.42. The monoisotopic (exact) mass is 467 g/mol. The van der Waals surface area contributed by atoms with Crippen molar-refractivity contribution in [3.63, 3.8) is 0 Å². The Kier molecular flexibility index (Phi) is 7.02. The summed E-state index contributed by atoms with van der Waals surface area (Å²) < 4.78 is 17.4. The van der Waals surface area contributed by atoms with E-state index in [0.717, 1.165) is 0 Å². The van der Waals surface area contributed by atoms with E-state index < -0.39 is 0 Å². The summed E-state index contributed by atoms with van der Waals surface area (Å²) in [5, 5.41) is 5.45. The van der Waals surface area contributed by atoms with Crippen LogP contribution in [0.4, 0.5) is 5.69 Å². The topological polar surface area (TPSA) is 106 Å². The largest absolute Gasteiger partial charge is 0.496 e. The molecule has 0 aromatic heterocycles. The number of carbonyl (C=O) groups is 3. The Balaban J connectivity index is 1.53. The minimum Gasteiger partial charge on any atom is -0.496 e. The van der Waals surface area contributed by atoms with Crippen LogP contribution < -0.4 is 20.1 Å². The summed E-state index contributed by atoms with van der Waals surface area (Å²) in [5.41, 5.74) is 1.24. The average molecular weight is 468 g/mol. The lowest BCUT2D eigenvalue weighted by molar-refractivity contribution is -0.133. The van der Waals surface area contributed by atoms with Crippen molar-refractivity contribution in [2.24, 2.45) is 0 Å². The van der Waals surface area contributed by atoms with Gasteiger partial charge in [-0.25, -0.2) is 0 Å². The molecule has 0 aliphatic carbocycles. The molecule has 0 radical (unpaired) electrons. The number of hydrogen-bond donors (Lipinski definition) is 2. The molecule has 2 aromatic carbocycles. The molecular weight excluding hydrogens is 438 g/mol. The summed E-state index contributed by atoms with van der Waals surface area (Å²) in [6.45, 7) is 0.256. The number of methoxy groups -OCH3 is 1. The number of fused-ring (bicyclic) bond motifs is 2. The predicted octanol–water partition coefficient (Wildman–Crippen LogP) is 2.46. The summed E-state index contributed by atoms with van der Waals surface area (Å²) in [5.74, 6) is 0.248. The van der Waals surface area contributed by atoms with Crippen LogP contribution in [-0.2, 0) is 9.53 Å². The van der Waals surface area contributed by atoms with Gasteiger partial charge in [-0.1, -0.05) is 12.1 Å². The quantitative estimate of drug-likeness (QED) is 0.700. The predicted molar refractivity (Wildman–Crippen MR) is 125 cm³/mol. The van der Waals surface area contributed by atoms with Crippen LogP contribution in [-0.4, -0.2) is 68.7 Å². The zero-order valence-electron chi connectivity index (χ0n) is 19.5. The second kappa shape index (κ2) is 10.1. The number of carbonyl (C=O) groups excluding carboxylic acids is 3. The van der Waals surface area contributed by atoms with E-state index >= 15 is 0 Å². The van der Waals surface area contributed by atoms with Gasteiger partial charge in [0, 0.05) is 19.8 Å². The van der Waals surface area contributed by atoms with Crippen LogP contribution in [0.3, 0.4) is 0 Å². The lowest BCUT2D eigenvalue weighted by atomic mass is 9.94. The molecule has 2 aliphatic rings. The summed E-state index contributed by atoms with van der Waals surface area (Å²) in [6, 6.07) is 11.7. The maximum absolute atomic E-state index is 13.4. The number of benzene rings is 2. The van der Waals surface area contributed by atoms with Crippen molar-refractivity contribution in [2.45, 2.75) is 37.5 Å². The molecule has 9 heteroatoms. The third-order valence-electron chi connectivity index (χ3n) is 6.31. The van der Waals surface area contributed by atoms with Crippen molar-refractivity contribution in [2.75, 3.05) is 33.1 Å². The van der Waals surface area contributed by atoms with Gasteiger partial charge in [-0.3, -0.25) is 14.4 Å². The molecule has 3 amide bonds. The van der Waals surface area contributed by atoms with Crippen molar-refractivity contribution >= 4 is 23.4 Å². The highest BCUT2D eigenvalue weighted by molar-refractivity contribution is 6.07. The summed E-state index contributed by atoms with van der Waals surface area (Å²) in [6.07, 6.45) is 1.12. The Morgan fingerprint density at radius 1 is 1.18 bits per heavy atom. The molecule has 1 saturated heterocycles. The maximum Gasteiger partial charge on any atom is 0.259 e. The zero-order valence-corrected chi connectivity index (χ0v) is 19.5. The SMILES string of the molecule is CNC(=O)C[C@@H]1CC[C@@H]2[C@@H](COc3ccc(NC(=O)c4ccccc4OC)cc3C(=O)N2C)O1. The van der Waals surface area contributed by atoms with Crippen LogP contribution in [0.2, 0.25) is 0 Å². The number of likely N-dealkylation sites (N-methyl/N-ethyl adjacent to an activating group) is 1. The smallest absolute Gasteiger partial charge is 0.259 e. The molecule has 9 nitrogen and oxygen atoms in total. The number of nitrogens with zero attached hydrogens (tertiary/aromatic N) is 1. The van der Waals surface area contributed by atoms with E-state index in [-0.39, 0.29) is 49.0 Å². The number of amides is 3. The molecule has 1 fully saturated rings. The normalized spacial score (nSPS) is 21.8. The van der Waals surface area contributed by atoms with Crippen molar-refractivity contribution in [3.05, 3.63) is 53.6 Å². The molecule has 2 N–H and O–H groups in total. The Bertz CT molecular complexity index is 1090. The lowest BCUT2D eigenvalue weighted by Crippen LogP contribution is -2.53. The third-order valence-corrected chi connectivity index (χ3v) is 6.31. The maximum atomic E-state index is 13.4. The Hall–Kier alpha value is -3.59. The number of para-hydroxylation sites is 1. The van der Waals surface area contributed by atoms with Crippen molar-refractivity contribution in [1.82, 2.24) is 10.2 Å². The first-order valence-corrected chi connectivity index (χ1v) is 11.3. The number of rotatable bonds is 5. The van der Waals surface area contributed by atoms with Crippen molar-refractivity contribution < 1.29 is 28.6 Å². The van der Waals surface area contributed by atoms with Gasteiger partial charge in [0.15, 0.2) is 0 Å². The van der Waals surface area contributed by atoms with E-state index in [2.05, 4.69) is 10.6 Å². The highest BCUT2D eigenvalue weighted by atomic mass is 16.5. The van der Waals surface area contributed by atoms with E-state index in [1.54, 1.807) is 61.5 Å². The molecule has 0 spiro atoms. The molecule has 2 aliphatic heterocycles. The number of ether oxygens (including phenoxy) is 3. The van der Waals surface area contributed by atoms with Crippen LogP contribution in [0, 0.1) is 0 Å². The van der Waals surface area contributed by atoms with Crippen LogP contribution in [0.5, 0.6) is 11.5 Å². The van der Waals surface area contributed by atoms with Crippen LogP contribution in [0.25, 0.3) is 0 Å². The number of hydrogen-bond acceptors (Lipinski definition) is 6. The highest BCUT2D eigenvalue weighted by Gasteiger charge is 2.39. The highest BCUT2D eigenvalue weighted by Crippen LogP contribution is 2.32. The van der Waals surface area contributed by atoms with Gasteiger partial charge >= 0.3 is 0 Å². The first-order valence-electron chi connectivity index (χ1n) is 11.3. The standard InChI is InChI=1S/C25H29N3O6/c1-26-23(29)13-16-9-10-19-22(34-16)14-33-21-11-8-15(12-18(21)25(31)28(19)2)27-24(30)17-6-4-5-7-20(17)32-3/h4-8,11-12,16,19,22H,9-10,13-14H2,1-3H3,(H,26,29)(H,27,30)/t16-,19+,22+/m0/s1. The van der Waals surface area contributed by atoms with Gasteiger partial charge < -0.3 is 29.7 Å². The molecule has 0 unspecified atom stereocenters. The van der Waals surface area contributed by atoms with Gasteiger partial charge in [-0.05, 0) is 43.2 Å². The molecule has 34 heavy (non-hydrogen) atoms. The third kappa shape index (κ3) is 4.84. The molecule has 180 valence electrons. The second-order valence-electron chi connectivity index (χ2n) is 8.41. The molecule has 2 heterocycles. The summed E-state index contributed by atoms with van der Waals surface area (Å²) in [4.78, 5) is 39.6. The summed E-state index contributed by atoms with van der Waals surface area (Å²) >= 11 is 0. The van der Waals surface area contributed by atoms with E-state index in [1.807, 2.05) is 0 Å². The van der Waals surface area contributed by atoms with Crippen LogP contribution in [0.15, 0.2) is 42.5 Å². The van der Waals surface area contributed by atoms with Gasteiger partial charge in [-0.2, -0.15) is 0 Å². The molecule has 2 aromatic rings. The minimum absolute atomic E-state index is 0.0762. The number of nitrogens with one attached hydrogen (secondary N) is 2. The van der Waals surface area contributed by atoms with Crippen molar-refractivity contribution in [1.29, 1.82) is 0 Å². The van der Waals surface area contributed by atoms with Gasteiger partial charge in [-0.15, -0.1) is 0 Å². The minimum atomic E-state index is -0.340. The molecule has 0 saturated carbocycles. The van der Waals surface area contributed by atoms with E-state index in [9.17, 15) is 14.4 Å². The molecule has 0 bridgehead atoms. The van der Waals surface area contributed by atoms with Gasteiger partial charge in [0.1, 0.15) is 24.2 Å². The fourth-order valence-electron chi connectivity index (χ4n) is 4.44. The van der Waals surface area contributed by atoms with E-state index in [4.69, 9.17) is 14.2 Å². The van der Waals surface area contributed by atoms with E-state index in [0.29, 0.717) is 41.2 Å². The Morgan fingerprint density at radius 3 is 2.74 bits per heavy atom. The first kappa shape index (κ1) is 23.6. The molecular formula is C25H29N3O6. The number of anilines is 1. The second-order valence-corrected chi connectivity index (χ2v) is 8.41. The first-order chi connectivity index (χ1) is 16.4. The fourth-order valence-corrected chi connectivity index (χ4v) is 4.44. The Morgan fingerprint density at radius 2 is 1.97 bits per heavy atom. The Labute approximate surface area is 198 Å². The van der Waals surface area contributed by atoms with Crippen LogP contribution in [0.1, 0.15) is 40.0 Å². The fraction of sp³-hybridized carbons (Fsp3) is 0.400. The zero-order chi connectivity index (χ0) is 24.2. The van der Waals surface area contributed by atoms with Gasteiger partial charge in [0.25, 0.3) is 11.8 Å².